The van der Waals surface area contributed by atoms with Gasteiger partial charge in [-0.1, -0.05) is 19.9 Å². The van der Waals surface area contributed by atoms with Gasteiger partial charge in [0.2, 0.25) is 6.04 Å². The first-order valence-corrected chi connectivity index (χ1v) is 4.43. The third-order valence-electron chi connectivity index (χ3n) is 2.50. The molecule has 0 aliphatic heterocycles. The first-order chi connectivity index (χ1) is 5.61. The van der Waals surface area contributed by atoms with E-state index in [1.54, 1.807) is 6.08 Å². The van der Waals surface area contributed by atoms with Gasteiger partial charge in [0.25, 0.3) is 0 Å². The van der Waals surface area contributed by atoms with Crippen molar-refractivity contribution in [1.82, 2.24) is 0 Å². The van der Waals surface area contributed by atoms with Crippen LogP contribution in [0.5, 0.6) is 0 Å². The first-order valence-electron chi connectivity index (χ1n) is 4.43. The number of hydrogen-bond acceptors (Lipinski definition) is 2. The van der Waals surface area contributed by atoms with Crippen molar-refractivity contribution in [3.8, 4) is 0 Å². The van der Waals surface area contributed by atoms with E-state index in [9.17, 15) is 10.1 Å². The van der Waals surface area contributed by atoms with Crippen LogP contribution in [0.2, 0.25) is 0 Å². The van der Waals surface area contributed by atoms with Gasteiger partial charge >= 0.3 is 0 Å². The molecule has 1 aliphatic carbocycles. The molecule has 2 atom stereocenters. The maximum Gasteiger partial charge on any atom is 0.231 e. The van der Waals surface area contributed by atoms with Crippen molar-refractivity contribution < 1.29 is 4.92 Å². The van der Waals surface area contributed by atoms with E-state index in [0.717, 1.165) is 6.42 Å². The zero-order chi connectivity index (χ0) is 9.14. The van der Waals surface area contributed by atoms with Crippen LogP contribution in [-0.2, 0) is 0 Å². The summed E-state index contributed by atoms with van der Waals surface area (Å²) in [6, 6.07) is -0.431. The van der Waals surface area contributed by atoms with E-state index in [0.29, 0.717) is 18.3 Å². The molecule has 3 heteroatoms. The minimum atomic E-state index is -0.431. The van der Waals surface area contributed by atoms with Crippen LogP contribution in [0, 0.1) is 22.0 Å². The topological polar surface area (TPSA) is 43.1 Å². The van der Waals surface area contributed by atoms with E-state index >= 15 is 0 Å². The molecule has 0 radical (unpaired) electrons. The highest BCUT2D eigenvalue weighted by Crippen LogP contribution is 2.25. The standard InChI is InChI=1S/C9H15NO2/c1-7(2)8-3-5-9(6-4-8)10(11)12/h3,5,7-9H,4,6H2,1-2H3. The zero-order valence-corrected chi connectivity index (χ0v) is 7.56. The van der Waals surface area contributed by atoms with Gasteiger partial charge in [0.1, 0.15) is 0 Å². The highest BCUT2D eigenvalue weighted by molar-refractivity contribution is 4.99. The molecule has 0 amide bonds. The van der Waals surface area contributed by atoms with Crippen molar-refractivity contribution in [1.29, 1.82) is 0 Å². The smallest absolute Gasteiger partial charge is 0.231 e. The molecule has 3 nitrogen and oxygen atoms in total. The van der Waals surface area contributed by atoms with E-state index in [4.69, 9.17) is 0 Å². The lowest BCUT2D eigenvalue weighted by Gasteiger charge is -2.21. The van der Waals surface area contributed by atoms with E-state index in [2.05, 4.69) is 13.8 Å². The molecule has 0 aromatic rings. The Kier molecular flexibility index (Phi) is 2.84. The Morgan fingerprint density at radius 1 is 1.42 bits per heavy atom. The molecule has 0 aromatic carbocycles. The van der Waals surface area contributed by atoms with Gasteiger partial charge in [0.15, 0.2) is 0 Å². The maximum atomic E-state index is 10.4. The summed E-state index contributed by atoms with van der Waals surface area (Å²) in [6.45, 7) is 4.31. The Bertz CT molecular complexity index is 199. The van der Waals surface area contributed by atoms with Crippen LogP contribution in [0.1, 0.15) is 26.7 Å². The Labute approximate surface area is 72.6 Å². The van der Waals surface area contributed by atoms with Gasteiger partial charge in [-0.15, -0.1) is 0 Å². The van der Waals surface area contributed by atoms with Gasteiger partial charge in [-0.2, -0.15) is 0 Å². The first kappa shape index (κ1) is 9.23. The summed E-state index contributed by atoms with van der Waals surface area (Å²) in [5.74, 6) is 1.15. The molecule has 68 valence electrons. The molecule has 0 spiro atoms. The number of nitrogens with zero attached hydrogens (tertiary/aromatic N) is 1. The molecule has 1 rings (SSSR count). The number of nitro groups is 1. The average Bonchev–Trinajstić information content (AvgIpc) is 2.04. The van der Waals surface area contributed by atoms with Crippen LogP contribution < -0.4 is 0 Å². The molecular weight excluding hydrogens is 154 g/mol. The molecule has 0 bridgehead atoms. The number of allylic oxidation sites excluding steroid dienone is 1. The maximum absolute atomic E-state index is 10.4. The second kappa shape index (κ2) is 3.70. The third-order valence-corrected chi connectivity index (χ3v) is 2.50. The summed E-state index contributed by atoms with van der Waals surface area (Å²) in [5.41, 5.74) is 0. The van der Waals surface area contributed by atoms with Gasteiger partial charge in [0.05, 0.1) is 0 Å². The molecule has 0 aromatic heterocycles. The van der Waals surface area contributed by atoms with Crippen LogP contribution in [0.15, 0.2) is 12.2 Å². The molecule has 12 heavy (non-hydrogen) atoms. The fraction of sp³-hybridized carbons (Fsp3) is 0.778. The Hall–Kier alpha value is -0.860. The lowest BCUT2D eigenvalue weighted by molar-refractivity contribution is -0.511. The number of hydrogen-bond donors (Lipinski definition) is 0. The molecule has 0 saturated heterocycles. The van der Waals surface area contributed by atoms with Gasteiger partial charge in [-0.05, 0) is 24.3 Å². The lowest BCUT2D eigenvalue weighted by atomic mass is 9.85. The minimum Gasteiger partial charge on any atom is -0.264 e. The summed E-state index contributed by atoms with van der Waals surface area (Å²) in [5, 5.41) is 10.4. The largest absolute Gasteiger partial charge is 0.264 e. The SMILES string of the molecule is CC(C)C1C=CC([N+](=O)[O-])CC1. The lowest BCUT2D eigenvalue weighted by Crippen LogP contribution is -2.23. The molecule has 0 N–H and O–H groups in total. The quantitative estimate of drug-likeness (QED) is 0.361. The molecule has 0 fully saturated rings. The van der Waals surface area contributed by atoms with E-state index in [1.165, 1.54) is 0 Å². The third kappa shape index (κ3) is 2.06. The molecular formula is C9H15NO2. The van der Waals surface area contributed by atoms with Crippen molar-refractivity contribution in [2.75, 3.05) is 0 Å². The van der Waals surface area contributed by atoms with Gasteiger partial charge in [-0.25, -0.2) is 0 Å². The van der Waals surface area contributed by atoms with Crippen molar-refractivity contribution in [3.05, 3.63) is 22.3 Å². The Morgan fingerprint density at radius 3 is 2.42 bits per heavy atom. The van der Waals surface area contributed by atoms with Gasteiger partial charge in [-0.3, -0.25) is 10.1 Å². The van der Waals surface area contributed by atoms with E-state index in [1.807, 2.05) is 6.08 Å². The van der Waals surface area contributed by atoms with Gasteiger partial charge in [0, 0.05) is 11.3 Å². The normalized spacial score (nSPS) is 29.2. The van der Waals surface area contributed by atoms with Crippen molar-refractivity contribution in [2.45, 2.75) is 32.7 Å². The highest BCUT2D eigenvalue weighted by atomic mass is 16.6. The summed E-state index contributed by atoms with van der Waals surface area (Å²) < 4.78 is 0. The Morgan fingerprint density at radius 2 is 2.08 bits per heavy atom. The second-order valence-electron chi connectivity index (χ2n) is 3.72. The molecule has 0 saturated carbocycles. The van der Waals surface area contributed by atoms with Crippen molar-refractivity contribution in [2.24, 2.45) is 11.8 Å². The zero-order valence-electron chi connectivity index (χ0n) is 7.56. The fourth-order valence-electron chi connectivity index (χ4n) is 1.56. The van der Waals surface area contributed by atoms with Crippen LogP contribution in [0.3, 0.4) is 0 Å². The molecule has 1 aliphatic rings. The predicted octanol–water partition coefficient (Wildman–Crippen LogP) is 2.25. The van der Waals surface area contributed by atoms with Crippen LogP contribution in [0.4, 0.5) is 0 Å². The second-order valence-corrected chi connectivity index (χ2v) is 3.72. The van der Waals surface area contributed by atoms with E-state index < -0.39 is 6.04 Å². The molecule has 2 unspecified atom stereocenters. The summed E-state index contributed by atoms with van der Waals surface area (Å²) in [6.07, 6.45) is 5.40. The highest BCUT2D eigenvalue weighted by Gasteiger charge is 2.24. The summed E-state index contributed by atoms with van der Waals surface area (Å²) >= 11 is 0. The molecule has 0 heterocycles. The van der Waals surface area contributed by atoms with Crippen LogP contribution in [0.25, 0.3) is 0 Å². The summed E-state index contributed by atoms with van der Waals surface area (Å²) in [4.78, 5) is 10.2. The van der Waals surface area contributed by atoms with Crippen LogP contribution >= 0.6 is 0 Å². The van der Waals surface area contributed by atoms with Crippen molar-refractivity contribution in [3.63, 3.8) is 0 Å². The average molecular weight is 169 g/mol. The Balaban J connectivity index is 2.53. The van der Waals surface area contributed by atoms with Crippen molar-refractivity contribution >= 4 is 0 Å². The fourth-order valence-corrected chi connectivity index (χ4v) is 1.56. The van der Waals surface area contributed by atoms with E-state index in [-0.39, 0.29) is 4.92 Å². The van der Waals surface area contributed by atoms with Gasteiger partial charge < -0.3 is 0 Å². The van der Waals surface area contributed by atoms with Crippen LogP contribution in [-0.4, -0.2) is 11.0 Å². The minimum absolute atomic E-state index is 0.201. The number of rotatable bonds is 2. The summed E-state index contributed by atoms with van der Waals surface area (Å²) in [7, 11) is 0. The monoisotopic (exact) mass is 169 g/mol. The predicted molar refractivity (Wildman–Crippen MR) is 47.5 cm³/mol.